The minimum atomic E-state index is -0.240. The van der Waals surface area contributed by atoms with E-state index in [2.05, 4.69) is 20.8 Å². The van der Waals surface area contributed by atoms with Crippen LogP contribution in [0.15, 0.2) is 30.3 Å². The van der Waals surface area contributed by atoms with Gasteiger partial charge in [-0.25, -0.2) is 4.68 Å². The van der Waals surface area contributed by atoms with Gasteiger partial charge in [0.2, 0.25) is 5.91 Å². The van der Waals surface area contributed by atoms with Crippen LogP contribution in [0, 0.1) is 0 Å². The van der Waals surface area contributed by atoms with Crippen LogP contribution in [0.25, 0.3) is 0 Å². The molecule has 6 nitrogen and oxygen atoms in total. The quantitative estimate of drug-likeness (QED) is 0.912. The molecule has 0 saturated carbocycles. The molecule has 0 saturated heterocycles. The van der Waals surface area contributed by atoms with Crippen molar-refractivity contribution < 1.29 is 4.79 Å². The largest absolute Gasteiger partial charge is 0.351 e. The highest BCUT2D eigenvalue weighted by Crippen LogP contribution is 2.23. The van der Waals surface area contributed by atoms with Crippen LogP contribution in [0.3, 0.4) is 0 Å². The SMILES string of the molecule is O=C(NCc1ccccc1)[C@@H]1CCCCn2nnnc21. The number of aromatic nitrogens is 4. The molecule has 1 aromatic heterocycles. The Kier molecular flexibility index (Phi) is 3.71. The molecule has 3 rings (SSSR count). The molecule has 1 aromatic carbocycles. The summed E-state index contributed by atoms with van der Waals surface area (Å²) in [6.45, 7) is 1.34. The lowest BCUT2D eigenvalue weighted by Crippen LogP contribution is -2.30. The fourth-order valence-corrected chi connectivity index (χ4v) is 2.52. The third kappa shape index (κ3) is 2.68. The zero-order valence-electron chi connectivity index (χ0n) is 11.2. The number of nitrogens with zero attached hydrogens (tertiary/aromatic N) is 4. The fraction of sp³-hybridized carbons (Fsp3) is 0.429. The molecule has 1 aliphatic heterocycles. The summed E-state index contributed by atoms with van der Waals surface area (Å²) in [5.41, 5.74) is 1.09. The van der Waals surface area contributed by atoms with Crippen LogP contribution in [0.5, 0.6) is 0 Å². The van der Waals surface area contributed by atoms with E-state index in [1.807, 2.05) is 30.3 Å². The van der Waals surface area contributed by atoms with Crippen LogP contribution in [-0.2, 0) is 17.9 Å². The maximum Gasteiger partial charge on any atom is 0.231 e. The van der Waals surface area contributed by atoms with Crippen molar-refractivity contribution in [1.29, 1.82) is 0 Å². The van der Waals surface area contributed by atoms with Crippen LogP contribution < -0.4 is 5.32 Å². The van der Waals surface area contributed by atoms with Gasteiger partial charge in [0, 0.05) is 13.1 Å². The molecule has 0 aliphatic carbocycles. The van der Waals surface area contributed by atoms with Crippen LogP contribution in [0.2, 0.25) is 0 Å². The molecule has 1 aliphatic rings. The van der Waals surface area contributed by atoms with Crippen LogP contribution >= 0.6 is 0 Å². The van der Waals surface area contributed by atoms with Gasteiger partial charge in [-0.3, -0.25) is 4.79 Å². The molecule has 1 amide bonds. The fourth-order valence-electron chi connectivity index (χ4n) is 2.52. The zero-order valence-corrected chi connectivity index (χ0v) is 11.2. The highest BCUT2D eigenvalue weighted by molar-refractivity contribution is 5.82. The third-order valence-corrected chi connectivity index (χ3v) is 3.61. The molecule has 1 N–H and O–H groups in total. The normalized spacial score (nSPS) is 18.1. The highest BCUT2D eigenvalue weighted by Gasteiger charge is 2.28. The predicted octanol–water partition coefficient (Wildman–Crippen LogP) is 1.26. The van der Waals surface area contributed by atoms with E-state index in [0.29, 0.717) is 12.4 Å². The van der Waals surface area contributed by atoms with E-state index in [0.717, 1.165) is 31.4 Å². The van der Waals surface area contributed by atoms with Crippen molar-refractivity contribution in [2.45, 2.75) is 38.3 Å². The summed E-state index contributed by atoms with van der Waals surface area (Å²) in [6.07, 6.45) is 2.83. The van der Waals surface area contributed by atoms with Crippen LogP contribution in [0.4, 0.5) is 0 Å². The molecule has 6 heteroatoms. The molecule has 0 unspecified atom stereocenters. The average molecular weight is 271 g/mol. The Morgan fingerprint density at radius 1 is 1.30 bits per heavy atom. The lowest BCUT2D eigenvalue weighted by Gasteiger charge is -2.13. The van der Waals surface area contributed by atoms with Crippen LogP contribution in [-0.4, -0.2) is 26.1 Å². The van der Waals surface area contributed by atoms with Crippen molar-refractivity contribution in [2.75, 3.05) is 0 Å². The maximum absolute atomic E-state index is 12.4. The zero-order chi connectivity index (χ0) is 13.8. The minimum Gasteiger partial charge on any atom is -0.351 e. The number of benzene rings is 1. The number of tetrazole rings is 1. The molecule has 2 heterocycles. The Hall–Kier alpha value is -2.24. The molecule has 0 spiro atoms. The van der Waals surface area contributed by atoms with Crippen molar-refractivity contribution >= 4 is 5.91 Å². The lowest BCUT2D eigenvalue weighted by molar-refractivity contribution is -0.123. The van der Waals surface area contributed by atoms with Gasteiger partial charge < -0.3 is 5.32 Å². The topological polar surface area (TPSA) is 72.7 Å². The van der Waals surface area contributed by atoms with Crippen molar-refractivity contribution in [2.24, 2.45) is 0 Å². The second-order valence-corrected chi connectivity index (χ2v) is 5.01. The Morgan fingerprint density at radius 2 is 2.15 bits per heavy atom. The van der Waals surface area contributed by atoms with Crippen molar-refractivity contribution in [3.8, 4) is 0 Å². The first-order valence-electron chi connectivity index (χ1n) is 6.92. The Labute approximate surface area is 117 Å². The monoisotopic (exact) mass is 271 g/mol. The van der Waals surface area contributed by atoms with Crippen molar-refractivity contribution in [3.63, 3.8) is 0 Å². The number of carbonyl (C=O) groups is 1. The lowest BCUT2D eigenvalue weighted by atomic mass is 10.0. The molecular formula is C14H17N5O. The molecule has 2 aromatic rings. The molecular weight excluding hydrogens is 254 g/mol. The molecule has 0 fully saturated rings. The summed E-state index contributed by atoms with van der Waals surface area (Å²) < 4.78 is 1.75. The number of fused-ring (bicyclic) bond motifs is 1. The number of amides is 1. The van der Waals surface area contributed by atoms with E-state index in [9.17, 15) is 4.79 Å². The highest BCUT2D eigenvalue weighted by atomic mass is 16.1. The van der Waals surface area contributed by atoms with Gasteiger partial charge in [0.25, 0.3) is 0 Å². The summed E-state index contributed by atoms with van der Waals surface area (Å²) in [4.78, 5) is 12.4. The summed E-state index contributed by atoms with van der Waals surface area (Å²) in [6, 6.07) is 9.89. The van der Waals surface area contributed by atoms with E-state index in [-0.39, 0.29) is 11.8 Å². The first kappa shape index (κ1) is 12.8. The van der Waals surface area contributed by atoms with E-state index in [1.54, 1.807) is 4.68 Å². The van der Waals surface area contributed by atoms with E-state index in [4.69, 9.17) is 0 Å². The molecule has 1 atom stereocenters. The van der Waals surface area contributed by atoms with E-state index >= 15 is 0 Å². The average Bonchev–Trinajstić information content (AvgIpc) is 2.85. The smallest absolute Gasteiger partial charge is 0.231 e. The van der Waals surface area contributed by atoms with Gasteiger partial charge in [0.1, 0.15) is 0 Å². The van der Waals surface area contributed by atoms with Gasteiger partial charge in [-0.05, 0) is 28.8 Å². The summed E-state index contributed by atoms with van der Waals surface area (Å²) >= 11 is 0. The first-order chi connectivity index (χ1) is 9.84. The number of hydrogen-bond donors (Lipinski definition) is 1. The Morgan fingerprint density at radius 3 is 3.00 bits per heavy atom. The Bertz CT molecular complexity index is 580. The van der Waals surface area contributed by atoms with Gasteiger partial charge >= 0.3 is 0 Å². The van der Waals surface area contributed by atoms with Gasteiger partial charge in [0.15, 0.2) is 5.82 Å². The van der Waals surface area contributed by atoms with Gasteiger partial charge in [-0.15, -0.1) is 5.10 Å². The third-order valence-electron chi connectivity index (χ3n) is 3.61. The van der Waals surface area contributed by atoms with Gasteiger partial charge in [0.05, 0.1) is 5.92 Å². The molecule has 0 radical (unpaired) electrons. The summed E-state index contributed by atoms with van der Waals surface area (Å²) in [7, 11) is 0. The van der Waals surface area contributed by atoms with Crippen molar-refractivity contribution in [1.82, 2.24) is 25.5 Å². The van der Waals surface area contributed by atoms with Gasteiger partial charge in [-0.2, -0.15) is 0 Å². The first-order valence-corrected chi connectivity index (χ1v) is 6.92. The minimum absolute atomic E-state index is 0.00630. The molecule has 20 heavy (non-hydrogen) atoms. The second kappa shape index (κ2) is 5.81. The number of rotatable bonds is 3. The number of nitrogens with one attached hydrogen (secondary N) is 1. The molecule has 0 bridgehead atoms. The Balaban J connectivity index is 1.68. The summed E-state index contributed by atoms with van der Waals surface area (Å²) in [5, 5.41) is 14.6. The maximum atomic E-state index is 12.4. The standard InChI is InChI=1S/C14H17N5O/c20-14(15-10-11-6-2-1-3-7-11)12-8-4-5-9-19-13(12)16-17-18-19/h1-3,6-7,12H,4-5,8-10H2,(H,15,20)/t12-/m1/s1. The van der Waals surface area contributed by atoms with E-state index in [1.165, 1.54) is 0 Å². The van der Waals surface area contributed by atoms with Crippen LogP contribution in [0.1, 0.15) is 36.6 Å². The number of carbonyl (C=O) groups excluding carboxylic acids is 1. The number of hydrogen-bond acceptors (Lipinski definition) is 4. The van der Waals surface area contributed by atoms with E-state index < -0.39 is 0 Å². The van der Waals surface area contributed by atoms with Gasteiger partial charge in [-0.1, -0.05) is 36.8 Å². The van der Waals surface area contributed by atoms with Crippen molar-refractivity contribution in [3.05, 3.63) is 41.7 Å². The second-order valence-electron chi connectivity index (χ2n) is 5.01. The molecule has 104 valence electrons. The number of aryl methyl sites for hydroxylation is 1. The summed E-state index contributed by atoms with van der Waals surface area (Å²) in [5.74, 6) is 0.455. The predicted molar refractivity (Wildman–Crippen MR) is 72.7 cm³/mol.